The maximum absolute atomic E-state index is 9.67. The minimum absolute atomic E-state index is 0.385. The minimum atomic E-state index is -0.385. The number of hydrogen-bond donors (Lipinski definition) is 2. The number of aryl methyl sites for hydroxylation is 2. The van der Waals surface area contributed by atoms with E-state index < -0.39 is 0 Å². The quantitative estimate of drug-likeness (QED) is 0.857. The molecule has 1 fully saturated rings. The number of rotatable bonds is 5. The second-order valence-electron chi connectivity index (χ2n) is 7.71. The average molecular weight is 361 g/mol. The summed E-state index contributed by atoms with van der Waals surface area (Å²) in [6, 6.07) is 0. The summed E-state index contributed by atoms with van der Waals surface area (Å²) in [5, 5.41) is 14.3. The number of hydrogen-bond acceptors (Lipinski definition) is 6. The highest BCUT2D eigenvalue weighted by atomic mass is 32.1. The zero-order chi connectivity index (χ0) is 17.4. The Morgan fingerprint density at radius 1 is 1.28 bits per heavy atom. The van der Waals surface area contributed by atoms with Gasteiger partial charge in [0.1, 0.15) is 16.5 Å². The van der Waals surface area contributed by atoms with Crippen molar-refractivity contribution in [1.29, 1.82) is 0 Å². The van der Waals surface area contributed by atoms with Crippen molar-refractivity contribution in [3.63, 3.8) is 0 Å². The van der Waals surface area contributed by atoms with Crippen molar-refractivity contribution in [2.75, 3.05) is 25.0 Å². The molecule has 1 atom stereocenters. The maximum atomic E-state index is 9.67. The van der Waals surface area contributed by atoms with Gasteiger partial charge in [-0.15, -0.1) is 11.3 Å². The van der Waals surface area contributed by atoms with Crippen LogP contribution in [-0.2, 0) is 19.4 Å². The topological polar surface area (TPSA) is 61.3 Å². The van der Waals surface area contributed by atoms with Gasteiger partial charge in [0.05, 0.1) is 18.0 Å². The van der Waals surface area contributed by atoms with Crippen LogP contribution in [0.2, 0.25) is 0 Å². The molecule has 0 saturated carbocycles. The SMILES string of the molecule is CC1CCN(Cc2nc(NC[C@H](C)O)c3c4c(sc3n2)CCC4)CC1. The number of aliphatic hydroxyl groups is 1. The number of aliphatic hydroxyl groups excluding tert-OH is 1. The van der Waals surface area contributed by atoms with Crippen LogP contribution in [-0.4, -0.2) is 45.7 Å². The number of piperidine rings is 1. The zero-order valence-electron chi connectivity index (χ0n) is 15.2. The molecule has 3 heterocycles. The maximum Gasteiger partial charge on any atom is 0.146 e. The molecule has 0 amide bonds. The van der Waals surface area contributed by atoms with Crippen molar-refractivity contribution in [3.05, 3.63) is 16.3 Å². The van der Waals surface area contributed by atoms with Crippen LogP contribution in [0.1, 0.15) is 49.4 Å². The summed E-state index contributed by atoms with van der Waals surface area (Å²) in [4.78, 5) is 14.8. The first kappa shape index (κ1) is 17.2. The smallest absolute Gasteiger partial charge is 0.146 e. The van der Waals surface area contributed by atoms with E-state index in [0.29, 0.717) is 6.54 Å². The molecule has 0 spiro atoms. The number of aromatic nitrogens is 2. The third-order valence-corrected chi connectivity index (χ3v) is 6.60. The third-order valence-electron chi connectivity index (χ3n) is 5.42. The van der Waals surface area contributed by atoms with E-state index in [-0.39, 0.29) is 6.10 Å². The monoisotopic (exact) mass is 360 g/mol. The summed E-state index contributed by atoms with van der Waals surface area (Å²) in [5.41, 5.74) is 1.44. The number of likely N-dealkylation sites (tertiary alicyclic amines) is 1. The standard InChI is InChI=1S/C19H28N4OS/c1-12-6-8-23(9-7-12)11-16-21-18(20-10-13(2)24)17-14-4-3-5-15(14)25-19(17)22-16/h12-13,24H,3-11H2,1-2H3,(H,20,21,22)/t13-/m0/s1. The molecular weight excluding hydrogens is 332 g/mol. The lowest BCUT2D eigenvalue weighted by Crippen LogP contribution is -2.33. The summed E-state index contributed by atoms with van der Waals surface area (Å²) >= 11 is 1.84. The van der Waals surface area contributed by atoms with Crippen LogP contribution in [0.25, 0.3) is 10.2 Å². The fraction of sp³-hybridized carbons (Fsp3) is 0.684. The normalized spacial score (nSPS) is 20.1. The molecule has 0 aromatic carbocycles. The van der Waals surface area contributed by atoms with E-state index in [0.717, 1.165) is 48.4 Å². The van der Waals surface area contributed by atoms with Crippen LogP contribution >= 0.6 is 11.3 Å². The molecule has 5 nitrogen and oxygen atoms in total. The van der Waals surface area contributed by atoms with Crippen LogP contribution in [0.15, 0.2) is 0 Å². The molecule has 6 heteroatoms. The molecule has 2 aliphatic rings. The molecule has 136 valence electrons. The van der Waals surface area contributed by atoms with Gasteiger partial charge in [-0.25, -0.2) is 9.97 Å². The van der Waals surface area contributed by atoms with E-state index in [1.165, 1.54) is 41.5 Å². The van der Waals surface area contributed by atoms with Gasteiger partial charge in [-0.2, -0.15) is 0 Å². The minimum Gasteiger partial charge on any atom is -0.392 e. The fourth-order valence-corrected chi connectivity index (χ4v) is 5.18. The van der Waals surface area contributed by atoms with Crippen LogP contribution in [0.5, 0.6) is 0 Å². The fourth-order valence-electron chi connectivity index (χ4n) is 3.90. The molecule has 1 aliphatic heterocycles. The lowest BCUT2D eigenvalue weighted by molar-refractivity contribution is 0.181. The van der Waals surface area contributed by atoms with Crippen molar-refractivity contribution in [2.45, 2.75) is 58.6 Å². The summed E-state index contributed by atoms with van der Waals surface area (Å²) in [7, 11) is 0. The molecule has 25 heavy (non-hydrogen) atoms. The summed E-state index contributed by atoms with van der Waals surface area (Å²) in [6.07, 6.45) is 5.69. The Morgan fingerprint density at radius 3 is 2.84 bits per heavy atom. The lowest BCUT2D eigenvalue weighted by Gasteiger charge is -2.29. The number of anilines is 1. The molecule has 4 rings (SSSR count). The second-order valence-corrected chi connectivity index (χ2v) is 8.80. The Bertz CT molecular complexity index is 749. The van der Waals surface area contributed by atoms with Crippen molar-refractivity contribution in [3.8, 4) is 0 Å². The van der Waals surface area contributed by atoms with Crippen LogP contribution in [0.4, 0.5) is 5.82 Å². The van der Waals surface area contributed by atoms with Crippen LogP contribution < -0.4 is 5.32 Å². The Kier molecular flexibility index (Phi) is 4.93. The lowest BCUT2D eigenvalue weighted by atomic mass is 9.99. The summed E-state index contributed by atoms with van der Waals surface area (Å²) in [6.45, 7) is 7.77. The Morgan fingerprint density at radius 2 is 2.08 bits per heavy atom. The zero-order valence-corrected chi connectivity index (χ0v) is 16.0. The van der Waals surface area contributed by atoms with E-state index in [4.69, 9.17) is 9.97 Å². The number of nitrogens with zero attached hydrogens (tertiary/aromatic N) is 3. The average Bonchev–Trinajstić information content (AvgIpc) is 3.15. The van der Waals surface area contributed by atoms with Crippen molar-refractivity contribution in [1.82, 2.24) is 14.9 Å². The Hall–Kier alpha value is -1.24. The summed E-state index contributed by atoms with van der Waals surface area (Å²) in [5.74, 6) is 2.67. The van der Waals surface area contributed by atoms with E-state index in [2.05, 4.69) is 17.1 Å². The van der Waals surface area contributed by atoms with Gasteiger partial charge < -0.3 is 10.4 Å². The van der Waals surface area contributed by atoms with E-state index >= 15 is 0 Å². The molecular formula is C19H28N4OS. The molecule has 2 aromatic heterocycles. The molecule has 2 N–H and O–H groups in total. The highest BCUT2D eigenvalue weighted by molar-refractivity contribution is 7.19. The van der Waals surface area contributed by atoms with E-state index in [1.54, 1.807) is 6.92 Å². The van der Waals surface area contributed by atoms with Crippen molar-refractivity contribution >= 4 is 27.4 Å². The molecule has 2 aromatic rings. The highest BCUT2D eigenvalue weighted by Crippen LogP contribution is 2.39. The largest absolute Gasteiger partial charge is 0.392 e. The molecule has 0 unspecified atom stereocenters. The number of nitrogens with one attached hydrogen (secondary N) is 1. The highest BCUT2D eigenvalue weighted by Gasteiger charge is 2.23. The Balaban J connectivity index is 1.63. The molecule has 0 bridgehead atoms. The molecule has 1 saturated heterocycles. The van der Waals surface area contributed by atoms with E-state index in [1.807, 2.05) is 11.3 Å². The Labute approximate surface area is 153 Å². The van der Waals surface area contributed by atoms with Gasteiger partial charge in [-0.3, -0.25) is 4.90 Å². The predicted molar refractivity (Wildman–Crippen MR) is 103 cm³/mol. The number of fused-ring (bicyclic) bond motifs is 3. The van der Waals surface area contributed by atoms with Crippen LogP contribution in [0.3, 0.4) is 0 Å². The number of thiophene rings is 1. The van der Waals surface area contributed by atoms with Crippen molar-refractivity contribution in [2.24, 2.45) is 5.92 Å². The molecule has 0 radical (unpaired) electrons. The third kappa shape index (κ3) is 3.66. The van der Waals surface area contributed by atoms with Gasteiger partial charge in [0, 0.05) is 11.4 Å². The van der Waals surface area contributed by atoms with E-state index in [9.17, 15) is 5.11 Å². The first-order chi connectivity index (χ1) is 12.1. The molecule has 1 aliphatic carbocycles. The first-order valence-corrected chi connectivity index (χ1v) is 10.4. The first-order valence-electron chi connectivity index (χ1n) is 9.55. The van der Waals surface area contributed by atoms with Gasteiger partial charge in [0.25, 0.3) is 0 Å². The van der Waals surface area contributed by atoms with Gasteiger partial charge in [-0.05, 0) is 63.6 Å². The van der Waals surface area contributed by atoms with Crippen LogP contribution in [0, 0.1) is 5.92 Å². The predicted octanol–water partition coefficient (Wildman–Crippen LogP) is 3.20. The van der Waals surface area contributed by atoms with Gasteiger partial charge >= 0.3 is 0 Å². The second kappa shape index (κ2) is 7.17. The van der Waals surface area contributed by atoms with Gasteiger partial charge in [-0.1, -0.05) is 6.92 Å². The van der Waals surface area contributed by atoms with Gasteiger partial charge in [0.15, 0.2) is 0 Å². The van der Waals surface area contributed by atoms with Gasteiger partial charge in [0.2, 0.25) is 0 Å². The summed E-state index contributed by atoms with van der Waals surface area (Å²) < 4.78 is 0. The van der Waals surface area contributed by atoms with Crippen molar-refractivity contribution < 1.29 is 5.11 Å².